The fourth-order valence-electron chi connectivity index (χ4n) is 2.39. The van der Waals surface area contributed by atoms with Crippen LogP contribution in [0.2, 0.25) is 5.02 Å². The van der Waals surface area contributed by atoms with Crippen LogP contribution in [0.4, 0.5) is 11.4 Å². The number of nitrogens with zero attached hydrogens (tertiary/aromatic N) is 2. The second-order valence-corrected chi connectivity index (χ2v) is 5.96. The van der Waals surface area contributed by atoms with Crippen molar-refractivity contribution in [2.24, 2.45) is 0 Å². The molecular weight excluding hydrogens is 394 g/mol. The number of hydrogen-bond acceptors (Lipinski definition) is 7. The van der Waals surface area contributed by atoms with Crippen molar-refractivity contribution in [3.63, 3.8) is 0 Å². The highest BCUT2D eigenvalue weighted by atomic mass is 35.5. The zero-order valence-corrected chi connectivity index (χ0v) is 14.8. The van der Waals surface area contributed by atoms with Gasteiger partial charge in [0.1, 0.15) is 6.54 Å². The number of amides is 1. The molecule has 3 aromatic rings. The fraction of sp³-hybridized carbons (Fsp3) is 0.118. The number of hydrogen-bond donors (Lipinski definition) is 1. The fourth-order valence-corrected chi connectivity index (χ4v) is 2.61. The summed E-state index contributed by atoms with van der Waals surface area (Å²) in [6.45, 7) is -1.06. The van der Waals surface area contributed by atoms with Crippen molar-refractivity contribution >= 4 is 46.0 Å². The number of nitro groups is 1. The number of anilines is 1. The highest BCUT2D eigenvalue weighted by Crippen LogP contribution is 2.26. The van der Waals surface area contributed by atoms with E-state index in [0.29, 0.717) is 11.1 Å². The molecule has 1 heterocycles. The molecular formula is C17H12ClN3O7. The molecule has 0 aliphatic rings. The van der Waals surface area contributed by atoms with E-state index in [1.165, 1.54) is 12.1 Å². The maximum atomic E-state index is 11.9. The van der Waals surface area contributed by atoms with Gasteiger partial charge in [0.2, 0.25) is 0 Å². The van der Waals surface area contributed by atoms with E-state index in [-0.39, 0.29) is 16.4 Å². The predicted octanol–water partition coefficient (Wildman–Crippen LogP) is 2.34. The molecule has 1 aromatic heterocycles. The Balaban J connectivity index is 1.58. The lowest BCUT2D eigenvalue weighted by atomic mass is 10.3. The summed E-state index contributed by atoms with van der Waals surface area (Å²) in [6.07, 6.45) is 0. The van der Waals surface area contributed by atoms with Gasteiger partial charge < -0.3 is 14.5 Å². The van der Waals surface area contributed by atoms with E-state index in [4.69, 9.17) is 20.8 Å². The second-order valence-electron chi connectivity index (χ2n) is 5.55. The first-order chi connectivity index (χ1) is 13.3. The molecule has 0 aliphatic heterocycles. The Bertz CT molecular complexity index is 1140. The van der Waals surface area contributed by atoms with Gasteiger partial charge in [-0.2, -0.15) is 0 Å². The smallest absolute Gasteiger partial charge is 0.420 e. The second kappa shape index (κ2) is 7.92. The number of para-hydroxylation sites is 2. The van der Waals surface area contributed by atoms with Gasteiger partial charge >= 0.3 is 11.7 Å². The molecule has 0 spiro atoms. The van der Waals surface area contributed by atoms with E-state index in [0.717, 1.165) is 10.6 Å². The average Bonchev–Trinajstić information content (AvgIpc) is 2.97. The van der Waals surface area contributed by atoms with Gasteiger partial charge in [-0.05, 0) is 18.2 Å². The maximum Gasteiger partial charge on any atom is 0.420 e. The molecule has 11 heteroatoms. The summed E-state index contributed by atoms with van der Waals surface area (Å²) in [5.74, 6) is -2.24. The number of carbonyl (C=O) groups is 2. The van der Waals surface area contributed by atoms with E-state index < -0.39 is 35.7 Å². The van der Waals surface area contributed by atoms with Gasteiger partial charge in [0.15, 0.2) is 12.2 Å². The summed E-state index contributed by atoms with van der Waals surface area (Å²) in [6, 6.07) is 10.1. The van der Waals surface area contributed by atoms with Crippen LogP contribution in [0.3, 0.4) is 0 Å². The number of esters is 1. The third-order valence-corrected chi connectivity index (χ3v) is 3.98. The normalized spacial score (nSPS) is 10.6. The van der Waals surface area contributed by atoms with Crippen LogP contribution in [0.25, 0.3) is 11.1 Å². The van der Waals surface area contributed by atoms with Crippen LogP contribution >= 0.6 is 11.6 Å². The van der Waals surface area contributed by atoms with Crippen molar-refractivity contribution in [1.82, 2.24) is 4.57 Å². The van der Waals surface area contributed by atoms with Gasteiger partial charge in [0, 0.05) is 12.1 Å². The molecule has 28 heavy (non-hydrogen) atoms. The molecule has 0 saturated heterocycles. The van der Waals surface area contributed by atoms with Gasteiger partial charge in [0.05, 0.1) is 21.2 Å². The van der Waals surface area contributed by atoms with Crippen molar-refractivity contribution in [3.8, 4) is 0 Å². The number of oxazole rings is 1. The Hall–Kier alpha value is -3.66. The first kappa shape index (κ1) is 19.1. The minimum absolute atomic E-state index is 0.0368. The largest absolute Gasteiger partial charge is 0.454 e. The number of non-ortho nitro benzene ring substituents is 1. The molecule has 0 unspecified atom stereocenters. The number of carbonyl (C=O) groups excluding carboxylic acids is 2. The molecule has 1 N–H and O–H groups in total. The molecule has 0 aliphatic carbocycles. The van der Waals surface area contributed by atoms with Gasteiger partial charge in [0.25, 0.3) is 11.6 Å². The number of rotatable bonds is 6. The number of benzene rings is 2. The van der Waals surface area contributed by atoms with Crippen LogP contribution < -0.4 is 11.1 Å². The van der Waals surface area contributed by atoms with Crippen LogP contribution in [-0.2, 0) is 20.9 Å². The topological polar surface area (TPSA) is 134 Å². The van der Waals surface area contributed by atoms with Crippen molar-refractivity contribution < 1.29 is 23.7 Å². The standard InChI is InChI=1S/C17H12ClN3O7/c18-11-7-10(21(25)26)5-6-12(11)19-15(22)9-27-16(23)8-20-13-3-1-2-4-14(13)28-17(20)24/h1-7H,8-9H2,(H,19,22). The lowest BCUT2D eigenvalue weighted by Gasteiger charge is -2.08. The molecule has 0 radical (unpaired) electrons. The Morgan fingerprint density at radius 1 is 1.25 bits per heavy atom. The first-order valence-electron chi connectivity index (χ1n) is 7.83. The van der Waals surface area contributed by atoms with Crippen LogP contribution in [0.5, 0.6) is 0 Å². The molecule has 10 nitrogen and oxygen atoms in total. The zero-order chi connectivity index (χ0) is 20.3. The van der Waals surface area contributed by atoms with Gasteiger partial charge in [-0.15, -0.1) is 0 Å². The summed E-state index contributed by atoms with van der Waals surface area (Å²) < 4.78 is 10.9. The molecule has 2 aromatic carbocycles. The third kappa shape index (κ3) is 4.18. The van der Waals surface area contributed by atoms with E-state index in [9.17, 15) is 24.5 Å². The van der Waals surface area contributed by atoms with Crippen molar-refractivity contribution in [2.75, 3.05) is 11.9 Å². The van der Waals surface area contributed by atoms with E-state index in [1.807, 2.05) is 0 Å². The summed E-state index contributed by atoms with van der Waals surface area (Å²) in [5, 5.41) is 13.0. The summed E-state index contributed by atoms with van der Waals surface area (Å²) in [5.41, 5.74) is 0.648. The van der Waals surface area contributed by atoms with E-state index >= 15 is 0 Å². The maximum absolute atomic E-state index is 11.9. The monoisotopic (exact) mass is 405 g/mol. The van der Waals surface area contributed by atoms with E-state index in [1.54, 1.807) is 24.3 Å². The Morgan fingerprint density at radius 2 is 2.00 bits per heavy atom. The molecule has 1 amide bonds. The van der Waals surface area contributed by atoms with Gasteiger partial charge in [-0.3, -0.25) is 24.3 Å². The molecule has 0 bridgehead atoms. The molecule has 144 valence electrons. The Labute approximate surface area is 161 Å². The van der Waals surface area contributed by atoms with Crippen molar-refractivity contribution in [3.05, 3.63) is 68.2 Å². The zero-order valence-electron chi connectivity index (χ0n) is 14.1. The number of nitro benzene ring substituents is 1. The van der Waals surface area contributed by atoms with E-state index in [2.05, 4.69) is 5.32 Å². The SMILES string of the molecule is O=C(COC(=O)Cn1c(=O)oc2ccccc21)Nc1ccc([N+](=O)[O-])cc1Cl. The number of ether oxygens (including phenoxy) is 1. The molecule has 0 atom stereocenters. The lowest BCUT2D eigenvalue weighted by molar-refractivity contribution is -0.384. The summed E-state index contributed by atoms with van der Waals surface area (Å²) in [7, 11) is 0. The number of fused-ring (bicyclic) bond motifs is 1. The minimum atomic E-state index is -0.821. The highest BCUT2D eigenvalue weighted by molar-refractivity contribution is 6.34. The van der Waals surface area contributed by atoms with Crippen LogP contribution in [0.15, 0.2) is 51.7 Å². The van der Waals surface area contributed by atoms with Crippen LogP contribution in [0, 0.1) is 10.1 Å². The summed E-state index contributed by atoms with van der Waals surface area (Å²) in [4.78, 5) is 45.7. The van der Waals surface area contributed by atoms with Gasteiger partial charge in [-0.25, -0.2) is 4.79 Å². The number of aromatic nitrogens is 1. The van der Waals surface area contributed by atoms with Crippen molar-refractivity contribution in [1.29, 1.82) is 0 Å². The highest BCUT2D eigenvalue weighted by Gasteiger charge is 2.16. The summed E-state index contributed by atoms with van der Waals surface area (Å²) >= 11 is 5.87. The molecule has 3 rings (SSSR count). The number of halogens is 1. The Kier molecular flexibility index (Phi) is 5.41. The first-order valence-corrected chi connectivity index (χ1v) is 8.21. The predicted molar refractivity (Wildman–Crippen MR) is 98.2 cm³/mol. The van der Waals surface area contributed by atoms with Gasteiger partial charge in [-0.1, -0.05) is 23.7 Å². The van der Waals surface area contributed by atoms with Crippen LogP contribution in [-0.4, -0.2) is 28.0 Å². The minimum Gasteiger partial charge on any atom is -0.454 e. The van der Waals surface area contributed by atoms with Crippen LogP contribution in [0.1, 0.15) is 0 Å². The lowest BCUT2D eigenvalue weighted by Crippen LogP contribution is -2.25. The Morgan fingerprint density at radius 3 is 2.71 bits per heavy atom. The van der Waals surface area contributed by atoms with Crippen molar-refractivity contribution in [2.45, 2.75) is 6.54 Å². The number of nitrogens with one attached hydrogen (secondary N) is 1. The average molecular weight is 406 g/mol. The molecule has 0 saturated carbocycles. The quantitative estimate of drug-likeness (QED) is 0.378. The molecule has 0 fully saturated rings. The third-order valence-electron chi connectivity index (χ3n) is 3.66.